The number of hydrogen-bond acceptors (Lipinski definition) is 4. The molecule has 1 amide bonds. The zero-order valence-electron chi connectivity index (χ0n) is 11.2. The van der Waals surface area contributed by atoms with E-state index in [1.807, 2.05) is 0 Å². The van der Waals surface area contributed by atoms with Gasteiger partial charge in [-0.05, 0) is 31.8 Å². The van der Waals surface area contributed by atoms with Crippen LogP contribution in [0.4, 0.5) is 5.69 Å². The minimum Gasteiger partial charge on any atom is -0.352 e. The molecule has 2 rings (SSSR count). The van der Waals surface area contributed by atoms with Crippen molar-refractivity contribution in [3.8, 4) is 0 Å². The van der Waals surface area contributed by atoms with Gasteiger partial charge in [-0.1, -0.05) is 23.2 Å². The van der Waals surface area contributed by atoms with Crippen LogP contribution < -0.4 is 10.6 Å². The van der Waals surface area contributed by atoms with E-state index in [1.165, 1.54) is 0 Å². The van der Waals surface area contributed by atoms with Crippen LogP contribution in [0.1, 0.15) is 23.2 Å². The number of rotatable bonds is 5. The number of nitro groups is 1. The first kappa shape index (κ1) is 16.0. The molecule has 6 nitrogen and oxygen atoms in total. The van der Waals surface area contributed by atoms with Crippen molar-refractivity contribution < 1.29 is 9.72 Å². The summed E-state index contributed by atoms with van der Waals surface area (Å²) in [5.74, 6) is 0.103. The Labute approximate surface area is 132 Å². The summed E-state index contributed by atoms with van der Waals surface area (Å²) in [7, 11) is 0. The number of carbonyl (C=O) groups is 1. The van der Waals surface area contributed by atoms with Crippen LogP contribution in [0.3, 0.4) is 0 Å². The van der Waals surface area contributed by atoms with Gasteiger partial charge in [0.05, 0.1) is 20.5 Å². The summed E-state index contributed by atoms with van der Waals surface area (Å²) in [6, 6.07) is 2.27. The van der Waals surface area contributed by atoms with Gasteiger partial charge in [0.1, 0.15) is 0 Å². The molecule has 8 heteroatoms. The summed E-state index contributed by atoms with van der Waals surface area (Å²) in [5, 5.41) is 16.8. The lowest BCUT2D eigenvalue weighted by Crippen LogP contribution is -2.26. The second kappa shape index (κ2) is 7.06. The molecule has 21 heavy (non-hydrogen) atoms. The molecule has 2 N–H and O–H groups in total. The largest absolute Gasteiger partial charge is 0.352 e. The van der Waals surface area contributed by atoms with Crippen molar-refractivity contribution in [2.24, 2.45) is 5.92 Å². The molecule has 0 saturated carbocycles. The van der Waals surface area contributed by atoms with Crippen molar-refractivity contribution >= 4 is 34.8 Å². The summed E-state index contributed by atoms with van der Waals surface area (Å²) in [5.41, 5.74) is -0.227. The first-order chi connectivity index (χ1) is 9.99. The number of amides is 1. The second-order valence-corrected chi connectivity index (χ2v) is 5.73. The van der Waals surface area contributed by atoms with E-state index in [4.69, 9.17) is 23.2 Å². The van der Waals surface area contributed by atoms with Gasteiger partial charge in [-0.3, -0.25) is 14.9 Å². The average Bonchev–Trinajstić information content (AvgIpc) is 2.94. The number of benzene rings is 1. The fraction of sp³-hybridized carbons (Fsp3) is 0.462. The molecule has 0 aromatic heterocycles. The van der Waals surface area contributed by atoms with E-state index < -0.39 is 10.8 Å². The highest BCUT2D eigenvalue weighted by molar-refractivity contribution is 6.44. The lowest BCUT2D eigenvalue weighted by Gasteiger charge is -2.10. The number of carbonyl (C=O) groups excluding carboxylic acids is 1. The third-order valence-electron chi connectivity index (χ3n) is 3.47. The van der Waals surface area contributed by atoms with Gasteiger partial charge in [0, 0.05) is 18.7 Å². The van der Waals surface area contributed by atoms with Crippen LogP contribution in [0.2, 0.25) is 10.0 Å². The molecular formula is C13H15Cl2N3O3. The summed E-state index contributed by atoms with van der Waals surface area (Å²) >= 11 is 11.8. The number of nitro benzene ring substituents is 1. The molecule has 1 aromatic rings. The van der Waals surface area contributed by atoms with Crippen LogP contribution >= 0.6 is 23.2 Å². The molecule has 114 valence electrons. The fourth-order valence-electron chi connectivity index (χ4n) is 2.29. The molecular weight excluding hydrogens is 317 g/mol. The standard InChI is InChI=1S/C13H15Cl2N3O3/c14-11-6-9(18(20)21)5-10(12(11)15)13(19)17-4-2-8-1-3-16-7-8/h5-6,8,16H,1-4,7H2,(H,17,19). The van der Waals surface area contributed by atoms with Crippen LogP contribution in [0.5, 0.6) is 0 Å². The van der Waals surface area contributed by atoms with Crippen LogP contribution in [0.15, 0.2) is 12.1 Å². The van der Waals surface area contributed by atoms with Crippen LogP contribution in [-0.2, 0) is 0 Å². The average molecular weight is 332 g/mol. The van der Waals surface area contributed by atoms with Gasteiger partial charge in [0.25, 0.3) is 11.6 Å². The normalized spacial score (nSPS) is 17.7. The molecule has 0 bridgehead atoms. The third kappa shape index (κ3) is 4.06. The van der Waals surface area contributed by atoms with Crippen molar-refractivity contribution in [2.75, 3.05) is 19.6 Å². The minimum absolute atomic E-state index is 0.00369. The van der Waals surface area contributed by atoms with Gasteiger partial charge in [0.2, 0.25) is 0 Å². The smallest absolute Gasteiger partial charge is 0.271 e. The van der Waals surface area contributed by atoms with E-state index in [9.17, 15) is 14.9 Å². The van der Waals surface area contributed by atoms with Crippen LogP contribution in [0.25, 0.3) is 0 Å². The number of hydrogen-bond donors (Lipinski definition) is 2. The van der Waals surface area contributed by atoms with Gasteiger partial charge in [-0.2, -0.15) is 0 Å². The zero-order valence-corrected chi connectivity index (χ0v) is 12.7. The number of nitrogens with zero attached hydrogens (tertiary/aromatic N) is 1. The number of non-ortho nitro benzene ring substituents is 1. The highest BCUT2D eigenvalue weighted by atomic mass is 35.5. The Morgan fingerprint density at radius 3 is 2.86 bits per heavy atom. The van der Waals surface area contributed by atoms with Crippen molar-refractivity contribution in [3.63, 3.8) is 0 Å². The van der Waals surface area contributed by atoms with Gasteiger partial charge in [0.15, 0.2) is 0 Å². The Kier molecular flexibility index (Phi) is 5.39. The van der Waals surface area contributed by atoms with E-state index in [1.54, 1.807) is 0 Å². The molecule has 1 aromatic carbocycles. The van der Waals surface area contributed by atoms with Gasteiger partial charge in [-0.25, -0.2) is 0 Å². The topological polar surface area (TPSA) is 84.3 Å². The van der Waals surface area contributed by atoms with E-state index in [0.717, 1.165) is 38.1 Å². The van der Waals surface area contributed by atoms with Gasteiger partial charge in [-0.15, -0.1) is 0 Å². The molecule has 1 aliphatic rings. The molecule has 1 unspecified atom stereocenters. The Bertz CT molecular complexity index is 560. The monoisotopic (exact) mass is 331 g/mol. The minimum atomic E-state index is -0.608. The highest BCUT2D eigenvalue weighted by Gasteiger charge is 2.20. The SMILES string of the molecule is O=C(NCCC1CCNC1)c1cc([N+](=O)[O-])cc(Cl)c1Cl. The van der Waals surface area contributed by atoms with Gasteiger partial charge >= 0.3 is 0 Å². The van der Waals surface area contributed by atoms with E-state index in [0.29, 0.717) is 12.5 Å². The van der Waals surface area contributed by atoms with Gasteiger partial charge < -0.3 is 10.6 Å². The number of halogens is 2. The Hall–Kier alpha value is -1.37. The Morgan fingerprint density at radius 2 is 2.24 bits per heavy atom. The van der Waals surface area contributed by atoms with E-state index in [2.05, 4.69) is 10.6 Å². The van der Waals surface area contributed by atoms with Crippen molar-refractivity contribution in [3.05, 3.63) is 37.9 Å². The quantitative estimate of drug-likeness (QED) is 0.641. The first-order valence-electron chi connectivity index (χ1n) is 6.61. The Balaban J connectivity index is 2.02. The molecule has 1 aliphatic heterocycles. The predicted molar refractivity (Wildman–Crippen MR) is 81.0 cm³/mol. The van der Waals surface area contributed by atoms with Crippen molar-refractivity contribution in [1.82, 2.24) is 10.6 Å². The highest BCUT2D eigenvalue weighted by Crippen LogP contribution is 2.30. The van der Waals surface area contributed by atoms with Crippen molar-refractivity contribution in [2.45, 2.75) is 12.8 Å². The van der Waals surface area contributed by atoms with E-state index in [-0.39, 0.29) is 21.3 Å². The van der Waals surface area contributed by atoms with E-state index >= 15 is 0 Å². The van der Waals surface area contributed by atoms with Crippen LogP contribution in [0, 0.1) is 16.0 Å². The first-order valence-corrected chi connectivity index (χ1v) is 7.37. The molecule has 1 saturated heterocycles. The van der Waals surface area contributed by atoms with Crippen LogP contribution in [-0.4, -0.2) is 30.5 Å². The predicted octanol–water partition coefficient (Wildman–Crippen LogP) is 2.63. The molecule has 0 radical (unpaired) electrons. The Morgan fingerprint density at radius 1 is 1.48 bits per heavy atom. The maximum atomic E-state index is 12.1. The molecule has 1 atom stereocenters. The maximum Gasteiger partial charge on any atom is 0.271 e. The third-order valence-corrected chi connectivity index (χ3v) is 4.27. The molecule has 1 fully saturated rings. The summed E-state index contributed by atoms with van der Waals surface area (Å²) in [6.45, 7) is 2.46. The molecule has 1 heterocycles. The number of nitrogens with one attached hydrogen (secondary N) is 2. The van der Waals surface area contributed by atoms with Crippen molar-refractivity contribution in [1.29, 1.82) is 0 Å². The molecule has 0 aliphatic carbocycles. The second-order valence-electron chi connectivity index (χ2n) is 4.95. The maximum absolute atomic E-state index is 12.1. The fourth-order valence-corrected chi connectivity index (χ4v) is 2.70. The summed E-state index contributed by atoms with van der Waals surface area (Å²) < 4.78 is 0. The summed E-state index contributed by atoms with van der Waals surface area (Å²) in [6.07, 6.45) is 1.96. The lowest BCUT2D eigenvalue weighted by atomic mass is 10.1. The summed E-state index contributed by atoms with van der Waals surface area (Å²) in [4.78, 5) is 22.3. The molecule has 0 spiro atoms. The zero-order chi connectivity index (χ0) is 15.4. The lowest BCUT2D eigenvalue weighted by molar-refractivity contribution is -0.384.